The van der Waals surface area contributed by atoms with Gasteiger partial charge in [0.1, 0.15) is 5.76 Å². The Labute approximate surface area is 123 Å². The molecule has 0 atom stereocenters. The monoisotopic (exact) mass is 308 g/mol. The molecule has 0 saturated heterocycles. The van der Waals surface area contributed by atoms with Crippen molar-refractivity contribution < 1.29 is 22.7 Å². The zero-order chi connectivity index (χ0) is 15.8. The fourth-order valence-corrected chi connectivity index (χ4v) is 3.88. The third-order valence-corrected chi connectivity index (χ3v) is 5.06. The van der Waals surface area contributed by atoms with Crippen molar-refractivity contribution >= 4 is 15.8 Å². The van der Waals surface area contributed by atoms with Crippen molar-refractivity contribution in [2.75, 3.05) is 0 Å². The van der Waals surface area contributed by atoms with Crippen molar-refractivity contribution in [3.63, 3.8) is 0 Å². The van der Waals surface area contributed by atoms with Crippen LogP contribution in [0.1, 0.15) is 33.0 Å². The van der Waals surface area contributed by atoms with E-state index in [1.54, 1.807) is 32.0 Å². The Hall–Kier alpha value is -2.08. The molecule has 0 aliphatic heterocycles. The lowest BCUT2D eigenvalue weighted by Gasteiger charge is -2.08. The quantitative estimate of drug-likeness (QED) is 0.938. The van der Waals surface area contributed by atoms with Gasteiger partial charge in [-0.1, -0.05) is 17.7 Å². The van der Waals surface area contributed by atoms with Crippen LogP contribution in [0.5, 0.6) is 0 Å². The van der Waals surface area contributed by atoms with E-state index >= 15 is 0 Å². The van der Waals surface area contributed by atoms with Gasteiger partial charge in [-0.05, 0) is 38.5 Å². The first kappa shape index (κ1) is 15.3. The molecule has 1 aromatic carbocycles. The van der Waals surface area contributed by atoms with E-state index in [4.69, 9.17) is 9.52 Å². The molecule has 0 spiro atoms. The number of aromatic carboxylic acids is 1. The predicted octanol–water partition coefficient (Wildman–Crippen LogP) is 2.88. The van der Waals surface area contributed by atoms with Crippen molar-refractivity contribution in [1.29, 1.82) is 0 Å². The van der Waals surface area contributed by atoms with Crippen LogP contribution in [0.2, 0.25) is 0 Å². The molecule has 0 bridgehead atoms. The summed E-state index contributed by atoms with van der Waals surface area (Å²) in [5, 5.41) is 8.87. The highest BCUT2D eigenvalue weighted by Crippen LogP contribution is 2.24. The maximum atomic E-state index is 12.5. The number of hydrogen-bond acceptors (Lipinski definition) is 4. The van der Waals surface area contributed by atoms with Crippen LogP contribution in [0.4, 0.5) is 0 Å². The van der Waals surface area contributed by atoms with Crippen molar-refractivity contribution in [1.82, 2.24) is 0 Å². The number of rotatable bonds is 4. The molecule has 0 fully saturated rings. The van der Waals surface area contributed by atoms with E-state index < -0.39 is 15.8 Å². The minimum absolute atomic E-state index is 0.252. The summed E-state index contributed by atoms with van der Waals surface area (Å²) in [6.45, 7) is 5.19. The summed E-state index contributed by atoms with van der Waals surface area (Å²) in [7, 11) is -3.55. The van der Waals surface area contributed by atoms with Crippen LogP contribution in [0.3, 0.4) is 0 Å². The van der Waals surface area contributed by atoms with Gasteiger partial charge < -0.3 is 9.52 Å². The normalized spacial score (nSPS) is 11.6. The Morgan fingerprint density at radius 3 is 2.38 bits per heavy atom. The molecule has 0 amide bonds. The van der Waals surface area contributed by atoms with Gasteiger partial charge in [0.15, 0.2) is 9.84 Å². The standard InChI is InChI=1S/C15H16O5S/c1-9-4-5-14(10(2)6-9)21(18,19)8-12-7-13(15(16)17)20-11(12)3/h4-7H,8H2,1-3H3,(H,16,17). The number of carbonyl (C=O) groups is 1. The maximum Gasteiger partial charge on any atom is 0.371 e. The minimum Gasteiger partial charge on any atom is -0.475 e. The van der Waals surface area contributed by atoms with Gasteiger partial charge >= 0.3 is 5.97 Å². The third kappa shape index (κ3) is 3.16. The van der Waals surface area contributed by atoms with Crippen LogP contribution in [0.25, 0.3) is 0 Å². The van der Waals surface area contributed by atoms with Gasteiger partial charge in [0.2, 0.25) is 5.76 Å². The van der Waals surface area contributed by atoms with Crippen molar-refractivity contribution in [2.45, 2.75) is 31.4 Å². The molecule has 2 aromatic rings. The highest BCUT2D eigenvalue weighted by atomic mass is 32.2. The molecule has 1 heterocycles. The molecule has 5 nitrogen and oxygen atoms in total. The first-order valence-electron chi connectivity index (χ1n) is 6.33. The molecule has 6 heteroatoms. The smallest absolute Gasteiger partial charge is 0.371 e. The van der Waals surface area contributed by atoms with Crippen LogP contribution < -0.4 is 0 Å². The molecular weight excluding hydrogens is 292 g/mol. The lowest BCUT2D eigenvalue weighted by molar-refractivity contribution is 0.0661. The highest BCUT2D eigenvalue weighted by Gasteiger charge is 2.22. The largest absolute Gasteiger partial charge is 0.475 e. The van der Waals surface area contributed by atoms with E-state index in [2.05, 4.69) is 0 Å². The lowest BCUT2D eigenvalue weighted by Crippen LogP contribution is -2.07. The molecule has 0 unspecified atom stereocenters. The van der Waals surface area contributed by atoms with E-state index in [0.29, 0.717) is 16.9 Å². The van der Waals surface area contributed by atoms with Crippen LogP contribution in [-0.4, -0.2) is 19.5 Å². The molecule has 1 aromatic heterocycles. The number of benzene rings is 1. The van der Waals surface area contributed by atoms with E-state index in [-0.39, 0.29) is 16.4 Å². The second kappa shape index (κ2) is 5.37. The predicted molar refractivity (Wildman–Crippen MR) is 77.2 cm³/mol. The van der Waals surface area contributed by atoms with Gasteiger partial charge in [-0.2, -0.15) is 0 Å². The van der Waals surface area contributed by atoms with E-state index in [9.17, 15) is 13.2 Å². The second-order valence-electron chi connectivity index (χ2n) is 5.03. The Morgan fingerprint density at radius 2 is 1.86 bits per heavy atom. The molecule has 0 radical (unpaired) electrons. The highest BCUT2D eigenvalue weighted by molar-refractivity contribution is 7.90. The number of carboxylic acids is 1. The van der Waals surface area contributed by atoms with E-state index in [0.717, 1.165) is 5.56 Å². The Bertz CT molecular complexity index is 799. The second-order valence-corrected chi connectivity index (χ2v) is 6.98. The Kier molecular flexibility index (Phi) is 3.91. The molecular formula is C15H16O5S. The summed E-state index contributed by atoms with van der Waals surface area (Å²) in [6, 6.07) is 6.38. The van der Waals surface area contributed by atoms with Crippen molar-refractivity contribution in [3.8, 4) is 0 Å². The molecule has 0 aliphatic carbocycles. The van der Waals surface area contributed by atoms with Gasteiger partial charge in [0.05, 0.1) is 10.6 Å². The molecule has 2 rings (SSSR count). The molecule has 1 N–H and O–H groups in total. The molecule has 21 heavy (non-hydrogen) atoms. The van der Waals surface area contributed by atoms with Gasteiger partial charge in [0.25, 0.3) is 0 Å². The molecule has 112 valence electrons. The van der Waals surface area contributed by atoms with Crippen LogP contribution in [0, 0.1) is 20.8 Å². The first-order chi connectivity index (χ1) is 9.70. The Balaban J connectivity index is 2.40. The average Bonchev–Trinajstić information content (AvgIpc) is 2.70. The van der Waals surface area contributed by atoms with Gasteiger partial charge in [-0.15, -0.1) is 0 Å². The summed E-state index contributed by atoms with van der Waals surface area (Å²) in [6.07, 6.45) is 0. The lowest BCUT2D eigenvalue weighted by atomic mass is 10.2. The minimum atomic E-state index is -3.55. The summed E-state index contributed by atoms with van der Waals surface area (Å²) in [4.78, 5) is 11.1. The Morgan fingerprint density at radius 1 is 1.19 bits per heavy atom. The summed E-state index contributed by atoms with van der Waals surface area (Å²) >= 11 is 0. The number of hydrogen-bond donors (Lipinski definition) is 1. The summed E-state index contributed by atoms with van der Waals surface area (Å²) in [5.74, 6) is -1.44. The van der Waals surface area contributed by atoms with Crippen LogP contribution >= 0.6 is 0 Å². The van der Waals surface area contributed by atoms with Crippen LogP contribution in [-0.2, 0) is 15.6 Å². The van der Waals surface area contributed by atoms with Crippen LogP contribution in [0.15, 0.2) is 33.6 Å². The first-order valence-corrected chi connectivity index (χ1v) is 7.98. The number of aryl methyl sites for hydroxylation is 3. The molecule has 0 aliphatic rings. The fourth-order valence-electron chi connectivity index (χ4n) is 2.20. The summed E-state index contributed by atoms with van der Waals surface area (Å²) in [5.41, 5.74) is 2.03. The zero-order valence-electron chi connectivity index (χ0n) is 12.0. The fraction of sp³-hybridized carbons (Fsp3) is 0.267. The number of furan rings is 1. The van der Waals surface area contributed by atoms with Gasteiger partial charge in [-0.3, -0.25) is 0 Å². The van der Waals surface area contributed by atoms with Gasteiger partial charge in [-0.25, -0.2) is 13.2 Å². The SMILES string of the molecule is Cc1ccc(S(=O)(=O)Cc2cc(C(=O)O)oc2C)c(C)c1. The van der Waals surface area contributed by atoms with E-state index in [1.807, 2.05) is 6.92 Å². The van der Waals surface area contributed by atoms with Crippen molar-refractivity contribution in [2.24, 2.45) is 0 Å². The summed E-state index contributed by atoms with van der Waals surface area (Å²) < 4.78 is 30.0. The van der Waals surface area contributed by atoms with E-state index in [1.165, 1.54) is 6.07 Å². The topological polar surface area (TPSA) is 84.6 Å². The maximum absolute atomic E-state index is 12.5. The number of carboxylic acid groups (broad SMARTS) is 1. The molecule has 0 saturated carbocycles. The zero-order valence-corrected chi connectivity index (χ0v) is 12.8. The van der Waals surface area contributed by atoms with Crippen molar-refractivity contribution in [3.05, 3.63) is 52.5 Å². The number of sulfone groups is 1. The average molecular weight is 308 g/mol. The van der Waals surface area contributed by atoms with Gasteiger partial charge in [0, 0.05) is 5.56 Å². The third-order valence-electron chi connectivity index (χ3n) is 3.24.